The molecule has 0 saturated heterocycles. The summed E-state index contributed by atoms with van der Waals surface area (Å²) in [5, 5.41) is 9.35. The Morgan fingerprint density at radius 1 is 1.23 bits per heavy atom. The maximum absolute atomic E-state index is 9.35. The second kappa shape index (κ2) is 6.62. The summed E-state index contributed by atoms with van der Waals surface area (Å²) in [7, 11) is 0. The van der Waals surface area contributed by atoms with Gasteiger partial charge in [0, 0.05) is 26.2 Å². The minimum absolute atomic E-state index is 0. The van der Waals surface area contributed by atoms with Crippen molar-refractivity contribution in [3.05, 3.63) is 29.3 Å². The van der Waals surface area contributed by atoms with Gasteiger partial charge in [-0.25, -0.2) is 0 Å². The van der Waals surface area contributed by atoms with Crippen LogP contribution in [0.15, 0.2) is 18.2 Å². The number of benzene rings is 1. The first-order valence-corrected chi connectivity index (χ1v) is 3.91. The summed E-state index contributed by atoms with van der Waals surface area (Å²) in [6.45, 7) is 6.13. The molecule has 0 bridgehead atoms. The molecule has 13 heavy (non-hydrogen) atoms. The van der Waals surface area contributed by atoms with Crippen LogP contribution in [0.1, 0.15) is 30.9 Å². The van der Waals surface area contributed by atoms with Crippen LogP contribution in [0.4, 0.5) is 0 Å². The van der Waals surface area contributed by atoms with Crippen LogP contribution in [-0.4, -0.2) is 5.11 Å². The van der Waals surface area contributed by atoms with E-state index in [1.807, 2.05) is 19.1 Å². The molecule has 0 saturated carbocycles. The molecule has 0 atom stereocenters. The van der Waals surface area contributed by atoms with Crippen LogP contribution >= 0.6 is 12.4 Å². The molecule has 1 rings (SSSR count). The zero-order valence-electron chi connectivity index (χ0n) is 8.16. The first kappa shape index (κ1) is 15.7. The van der Waals surface area contributed by atoms with Gasteiger partial charge >= 0.3 is 0 Å². The van der Waals surface area contributed by atoms with Crippen LogP contribution in [0.2, 0.25) is 0 Å². The van der Waals surface area contributed by atoms with Crippen molar-refractivity contribution < 1.29 is 31.3 Å². The number of aryl methyl sites for hydroxylation is 1. The number of halogens is 1. The van der Waals surface area contributed by atoms with Gasteiger partial charge in [-0.1, -0.05) is 26.0 Å². The molecule has 0 aliphatic rings. The maximum atomic E-state index is 9.35. The van der Waals surface area contributed by atoms with E-state index in [1.165, 1.54) is 5.56 Å². The average Bonchev–Trinajstić information content (AvgIpc) is 1.94. The SMILES string of the molecule is Cc1ccc(C(C)C)cc1O.Cl.[Zr]. The van der Waals surface area contributed by atoms with E-state index >= 15 is 0 Å². The van der Waals surface area contributed by atoms with Gasteiger partial charge < -0.3 is 5.11 Å². The fourth-order valence-electron chi connectivity index (χ4n) is 0.986. The summed E-state index contributed by atoms with van der Waals surface area (Å²) in [6.07, 6.45) is 0. The van der Waals surface area contributed by atoms with Crippen molar-refractivity contribution in [1.29, 1.82) is 0 Å². The van der Waals surface area contributed by atoms with E-state index < -0.39 is 0 Å². The van der Waals surface area contributed by atoms with Crippen molar-refractivity contribution in [2.75, 3.05) is 0 Å². The molecule has 1 nitrogen and oxygen atoms in total. The van der Waals surface area contributed by atoms with Crippen LogP contribution in [0.5, 0.6) is 5.75 Å². The van der Waals surface area contributed by atoms with E-state index in [2.05, 4.69) is 19.9 Å². The van der Waals surface area contributed by atoms with E-state index in [0.29, 0.717) is 11.7 Å². The van der Waals surface area contributed by atoms with Crippen molar-refractivity contribution in [3.8, 4) is 5.75 Å². The smallest absolute Gasteiger partial charge is 0.118 e. The van der Waals surface area contributed by atoms with Crippen molar-refractivity contribution in [2.24, 2.45) is 0 Å². The molecule has 0 fully saturated rings. The van der Waals surface area contributed by atoms with Gasteiger partial charge in [-0.3, -0.25) is 0 Å². The largest absolute Gasteiger partial charge is 0.508 e. The standard InChI is InChI=1S/C10H14O.ClH.Zr/c1-7(2)9-5-4-8(3)10(11)6-9;;/h4-7,11H,1-3H3;1H;. The number of hydrogen-bond acceptors (Lipinski definition) is 1. The molecule has 1 aromatic carbocycles. The third-order valence-electron chi connectivity index (χ3n) is 1.90. The van der Waals surface area contributed by atoms with Crippen molar-refractivity contribution in [1.82, 2.24) is 0 Å². The number of rotatable bonds is 1. The minimum atomic E-state index is 0. The van der Waals surface area contributed by atoms with Gasteiger partial charge in [-0.05, 0) is 30.0 Å². The molecule has 0 aliphatic heterocycles. The maximum Gasteiger partial charge on any atom is 0.118 e. The third kappa shape index (κ3) is 4.29. The van der Waals surface area contributed by atoms with Gasteiger partial charge in [0.2, 0.25) is 0 Å². The van der Waals surface area contributed by atoms with Crippen LogP contribution in [0.25, 0.3) is 0 Å². The zero-order valence-corrected chi connectivity index (χ0v) is 11.4. The van der Waals surface area contributed by atoms with Crippen LogP contribution in [-0.2, 0) is 26.2 Å². The Balaban J connectivity index is 0. The van der Waals surface area contributed by atoms with E-state index in [1.54, 1.807) is 0 Å². The monoisotopic (exact) mass is 276 g/mol. The second-order valence-corrected chi connectivity index (χ2v) is 3.20. The Labute approximate surface area is 105 Å². The Morgan fingerprint density at radius 3 is 2.15 bits per heavy atom. The molecule has 1 aromatic rings. The number of phenolic OH excluding ortho intramolecular Hbond substituents is 1. The van der Waals surface area contributed by atoms with Gasteiger partial charge in [0.15, 0.2) is 0 Å². The molecule has 0 heterocycles. The normalized spacial score (nSPS) is 8.92. The molecule has 3 heteroatoms. The molecule has 0 amide bonds. The summed E-state index contributed by atoms with van der Waals surface area (Å²) in [6, 6.07) is 5.84. The Kier molecular flexibility index (Phi) is 7.97. The summed E-state index contributed by atoms with van der Waals surface area (Å²) in [5.74, 6) is 0.887. The first-order valence-electron chi connectivity index (χ1n) is 3.91. The molecule has 0 aliphatic carbocycles. The molecule has 0 unspecified atom stereocenters. The predicted molar refractivity (Wildman–Crippen MR) is 54.2 cm³/mol. The Bertz CT molecular complexity index is 261. The van der Waals surface area contributed by atoms with Crippen LogP contribution < -0.4 is 0 Å². The number of aromatic hydroxyl groups is 1. The quantitative estimate of drug-likeness (QED) is 0.836. The van der Waals surface area contributed by atoms with Gasteiger partial charge in [0.25, 0.3) is 0 Å². The van der Waals surface area contributed by atoms with E-state index in [-0.39, 0.29) is 38.6 Å². The Morgan fingerprint density at radius 2 is 1.77 bits per heavy atom. The van der Waals surface area contributed by atoms with Crippen molar-refractivity contribution in [2.45, 2.75) is 26.7 Å². The fraction of sp³-hybridized carbons (Fsp3) is 0.400. The van der Waals surface area contributed by atoms with Gasteiger partial charge in [0.05, 0.1) is 0 Å². The minimum Gasteiger partial charge on any atom is -0.508 e. The second-order valence-electron chi connectivity index (χ2n) is 3.20. The topological polar surface area (TPSA) is 20.2 Å². The number of hydrogen-bond donors (Lipinski definition) is 1. The molecule has 1 N–H and O–H groups in total. The van der Waals surface area contributed by atoms with E-state index in [0.717, 1.165) is 5.56 Å². The molecule has 0 aromatic heterocycles. The zero-order chi connectivity index (χ0) is 8.43. The molecule has 72 valence electrons. The number of phenols is 1. The molecule has 0 radical (unpaired) electrons. The molecular formula is C10H15ClOZr. The van der Waals surface area contributed by atoms with Crippen LogP contribution in [0.3, 0.4) is 0 Å². The fourth-order valence-corrected chi connectivity index (χ4v) is 0.986. The predicted octanol–water partition coefficient (Wildman–Crippen LogP) is 3.24. The van der Waals surface area contributed by atoms with Gasteiger partial charge in [-0.15, -0.1) is 12.4 Å². The molecular weight excluding hydrogens is 263 g/mol. The third-order valence-corrected chi connectivity index (χ3v) is 1.90. The average molecular weight is 278 g/mol. The van der Waals surface area contributed by atoms with Crippen molar-refractivity contribution >= 4 is 12.4 Å². The Hall–Kier alpha value is 0.193. The summed E-state index contributed by atoms with van der Waals surface area (Å²) in [5.41, 5.74) is 2.13. The first-order chi connectivity index (χ1) is 5.11. The summed E-state index contributed by atoms with van der Waals surface area (Å²) >= 11 is 0. The van der Waals surface area contributed by atoms with Gasteiger partial charge in [-0.2, -0.15) is 0 Å². The van der Waals surface area contributed by atoms with E-state index in [9.17, 15) is 5.11 Å². The van der Waals surface area contributed by atoms with E-state index in [4.69, 9.17) is 0 Å². The summed E-state index contributed by atoms with van der Waals surface area (Å²) < 4.78 is 0. The van der Waals surface area contributed by atoms with Crippen molar-refractivity contribution in [3.63, 3.8) is 0 Å². The molecule has 0 spiro atoms. The van der Waals surface area contributed by atoms with Crippen LogP contribution in [0, 0.1) is 6.92 Å². The van der Waals surface area contributed by atoms with Gasteiger partial charge in [0.1, 0.15) is 5.75 Å². The summed E-state index contributed by atoms with van der Waals surface area (Å²) in [4.78, 5) is 0.